The van der Waals surface area contributed by atoms with E-state index in [0.29, 0.717) is 17.4 Å². The summed E-state index contributed by atoms with van der Waals surface area (Å²) < 4.78 is 1.58. The van der Waals surface area contributed by atoms with Crippen LogP contribution in [0.15, 0.2) is 36.4 Å². The van der Waals surface area contributed by atoms with Crippen LogP contribution >= 0.6 is 12.4 Å². The predicted molar refractivity (Wildman–Crippen MR) is 91.4 cm³/mol. The molecule has 2 heterocycles. The van der Waals surface area contributed by atoms with Crippen LogP contribution in [0.1, 0.15) is 13.8 Å². The highest BCUT2D eigenvalue weighted by molar-refractivity contribution is 5.85. The van der Waals surface area contributed by atoms with E-state index in [9.17, 15) is 0 Å². The Hall–Kier alpha value is -2.34. The topological polar surface area (TPSA) is 72.3 Å². The molecular weight excluding hydrogens is 300 g/mol. The molecule has 0 fully saturated rings. The summed E-state index contributed by atoms with van der Waals surface area (Å²) in [6.45, 7) is 5.92. The van der Waals surface area contributed by atoms with Gasteiger partial charge < -0.3 is 10.6 Å². The summed E-state index contributed by atoms with van der Waals surface area (Å²) in [6.07, 6.45) is 0. The lowest BCUT2D eigenvalue weighted by Crippen LogP contribution is -2.23. The van der Waals surface area contributed by atoms with E-state index < -0.39 is 0 Å². The fourth-order valence-electron chi connectivity index (χ4n) is 2.30. The Balaban J connectivity index is 0.00000176. The second-order valence-corrected chi connectivity index (χ2v) is 4.72. The first kappa shape index (κ1) is 16.0. The number of nitrogens with two attached hydrogens (primary N) is 1. The number of nitrogens with zero attached hydrogens (tertiary/aromatic N) is 5. The summed E-state index contributed by atoms with van der Waals surface area (Å²) in [5.41, 5.74) is 7.04. The number of rotatable bonds is 4. The Morgan fingerprint density at radius 2 is 1.77 bits per heavy atom. The van der Waals surface area contributed by atoms with E-state index in [4.69, 9.17) is 5.73 Å². The first-order valence-electron chi connectivity index (χ1n) is 7.06. The SMILES string of the molecule is CCN(CC)c1cc(N)n2nc(-c3ccccc3)nc2n1.Cl. The van der Waals surface area contributed by atoms with Crippen molar-refractivity contribution in [3.8, 4) is 11.4 Å². The second-order valence-electron chi connectivity index (χ2n) is 4.72. The first-order valence-corrected chi connectivity index (χ1v) is 7.06. The summed E-state index contributed by atoms with van der Waals surface area (Å²) in [4.78, 5) is 11.2. The molecule has 0 atom stereocenters. The molecule has 7 heteroatoms. The van der Waals surface area contributed by atoms with Gasteiger partial charge in [-0.3, -0.25) is 0 Å². The average Bonchev–Trinajstić information content (AvgIpc) is 2.94. The van der Waals surface area contributed by atoms with E-state index in [1.54, 1.807) is 4.52 Å². The molecule has 0 saturated carbocycles. The standard InChI is InChI=1S/C15H18N6.ClH/c1-3-20(4-2)13-10-12(16)21-15(17-13)18-14(19-21)11-8-6-5-7-9-11;/h5-10H,3-4,16H2,1-2H3;1H. The van der Waals surface area contributed by atoms with Crippen LogP contribution < -0.4 is 10.6 Å². The zero-order valence-electron chi connectivity index (χ0n) is 12.6. The smallest absolute Gasteiger partial charge is 0.256 e. The van der Waals surface area contributed by atoms with E-state index in [1.165, 1.54) is 0 Å². The minimum atomic E-state index is 0. The average molecular weight is 319 g/mol. The molecule has 3 rings (SSSR count). The maximum Gasteiger partial charge on any atom is 0.256 e. The Bertz CT molecular complexity index is 751. The van der Waals surface area contributed by atoms with Gasteiger partial charge in [0.25, 0.3) is 5.78 Å². The van der Waals surface area contributed by atoms with E-state index in [1.807, 2.05) is 36.4 Å². The van der Waals surface area contributed by atoms with Gasteiger partial charge in [0.1, 0.15) is 11.6 Å². The van der Waals surface area contributed by atoms with Gasteiger partial charge in [-0.2, -0.15) is 14.5 Å². The van der Waals surface area contributed by atoms with Crippen molar-refractivity contribution < 1.29 is 0 Å². The number of anilines is 2. The van der Waals surface area contributed by atoms with Crippen LogP contribution in [-0.2, 0) is 0 Å². The van der Waals surface area contributed by atoms with Crippen LogP contribution in [0.4, 0.5) is 11.6 Å². The molecule has 0 radical (unpaired) electrons. The maximum absolute atomic E-state index is 6.09. The van der Waals surface area contributed by atoms with Crippen LogP contribution in [0, 0.1) is 0 Å². The van der Waals surface area contributed by atoms with Crippen molar-refractivity contribution in [2.45, 2.75) is 13.8 Å². The number of halogens is 1. The number of fused-ring (bicyclic) bond motifs is 1. The molecule has 0 aliphatic carbocycles. The number of aromatic nitrogens is 4. The summed E-state index contributed by atoms with van der Waals surface area (Å²) in [5, 5.41) is 4.43. The lowest BCUT2D eigenvalue weighted by molar-refractivity contribution is 0.838. The highest BCUT2D eigenvalue weighted by Crippen LogP contribution is 2.20. The number of benzene rings is 1. The van der Waals surface area contributed by atoms with Gasteiger partial charge in [-0.25, -0.2) is 0 Å². The third-order valence-corrected chi connectivity index (χ3v) is 3.45. The number of hydrogen-bond acceptors (Lipinski definition) is 5. The third-order valence-electron chi connectivity index (χ3n) is 3.45. The van der Waals surface area contributed by atoms with Crippen molar-refractivity contribution in [1.82, 2.24) is 19.6 Å². The maximum atomic E-state index is 6.09. The zero-order chi connectivity index (χ0) is 14.8. The molecule has 6 nitrogen and oxygen atoms in total. The van der Waals surface area contributed by atoms with E-state index >= 15 is 0 Å². The zero-order valence-corrected chi connectivity index (χ0v) is 13.4. The molecule has 0 amide bonds. The molecule has 0 aliphatic rings. The van der Waals surface area contributed by atoms with Crippen LogP contribution in [0.5, 0.6) is 0 Å². The van der Waals surface area contributed by atoms with Crippen molar-refractivity contribution in [3.05, 3.63) is 36.4 Å². The van der Waals surface area contributed by atoms with Crippen molar-refractivity contribution in [2.75, 3.05) is 23.7 Å². The quantitative estimate of drug-likeness (QED) is 0.800. The molecule has 2 N–H and O–H groups in total. The predicted octanol–water partition coefficient (Wildman–Crippen LogP) is 2.64. The lowest BCUT2D eigenvalue weighted by atomic mass is 10.2. The van der Waals surface area contributed by atoms with Crippen molar-refractivity contribution in [1.29, 1.82) is 0 Å². The minimum Gasteiger partial charge on any atom is -0.383 e. The highest BCUT2D eigenvalue weighted by Gasteiger charge is 2.13. The molecular formula is C15H19ClN6. The molecule has 0 aliphatic heterocycles. The van der Waals surface area contributed by atoms with Crippen molar-refractivity contribution >= 4 is 29.8 Å². The van der Waals surface area contributed by atoms with E-state index in [2.05, 4.69) is 33.8 Å². The first-order chi connectivity index (χ1) is 10.2. The Labute approximate surface area is 135 Å². The lowest BCUT2D eigenvalue weighted by Gasteiger charge is -2.19. The largest absolute Gasteiger partial charge is 0.383 e. The fraction of sp³-hybridized carbons (Fsp3) is 0.267. The van der Waals surface area contributed by atoms with Gasteiger partial charge in [-0.1, -0.05) is 30.3 Å². The molecule has 0 unspecified atom stereocenters. The molecule has 1 aromatic carbocycles. The summed E-state index contributed by atoms with van der Waals surface area (Å²) in [6, 6.07) is 11.7. The van der Waals surface area contributed by atoms with E-state index in [0.717, 1.165) is 24.5 Å². The van der Waals surface area contributed by atoms with Gasteiger partial charge in [0.15, 0.2) is 5.82 Å². The minimum absolute atomic E-state index is 0. The highest BCUT2D eigenvalue weighted by atomic mass is 35.5. The van der Waals surface area contributed by atoms with Crippen LogP contribution in [0.25, 0.3) is 17.2 Å². The molecule has 2 aromatic heterocycles. The summed E-state index contributed by atoms with van der Waals surface area (Å²) in [5.74, 6) is 2.52. The molecule has 0 spiro atoms. The third kappa shape index (κ3) is 2.82. The van der Waals surface area contributed by atoms with Gasteiger partial charge >= 0.3 is 0 Å². The van der Waals surface area contributed by atoms with Gasteiger partial charge in [0.05, 0.1) is 0 Å². The molecule has 22 heavy (non-hydrogen) atoms. The van der Waals surface area contributed by atoms with E-state index in [-0.39, 0.29) is 12.4 Å². The molecule has 116 valence electrons. The van der Waals surface area contributed by atoms with Crippen molar-refractivity contribution in [2.24, 2.45) is 0 Å². The Morgan fingerprint density at radius 1 is 1.09 bits per heavy atom. The number of hydrogen-bond donors (Lipinski definition) is 1. The normalized spacial score (nSPS) is 10.5. The van der Waals surface area contributed by atoms with Crippen LogP contribution in [0.2, 0.25) is 0 Å². The van der Waals surface area contributed by atoms with Crippen molar-refractivity contribution in [3.63, 3.8) is 0 Å². The van der Waals surface area contributed by atoms with Crippen LogP contribution in [0.3, 0.4) is 0 Å². The second kappa shape index (κ2) is 6.62. The molecule has 0 saturated heterocycles. The number of nitrogen functional groups attached to an aromatic ring is 1. The van der Waals surface area contributed by atoms with Gasteiger partial charge in [-0.15, -0.1) is 17.5 Å². The van der Waals surface area contributed by atoms with Gasteiger partial charge in [-0.05, 0) is 13.8 Å². The molecule has 3 aromatic rings. The van der Waals surface area contributed by atoms with Gasteiger partial charge in [0.2, 0.25) is 0 Å². The van der Waals surface area contributed by atoms with Crippen LogP contribution in [-0.4, -0.2) is 32.7 Å². The Kier molecular flexibility index (Phi) is 4.82. The monoisotopic (exact) mass is 318 g/mol. The molecule has 0 bridgehead atoms. The fourth-order valence-corrected chi connectivity index (χ4v) is 2.30. The van der Waals surface area contributed by atoms with Gasteiger partial charge in [0, 0.05) is 24.7 Å². The summed E-state index contributed by atoms with van der Waals surface area (Å²) >= 11 is 0. The Morgan fingerprint density at radius 3 is 2.41 bits per heavy atom. The summed E-state index contributed by atoms with van der Waals surface area (Å²) in [7, 11) is 0.